The van der Waals surface area contributed by atoms with Gasteiger partial charge in [0.2, 0.25) is 0 Å². The highest BCUT2D eigenvalue weighted by Gasteiger charge is 2.22. The summed E-state index contributed by atoms with van der Waals surface area (Å²) in [7, 11) is 0. The van der Waals surface area contributed by atoms with Crippen LogP contribution in [0.2, 0.25) is 0 Å². The van der Waals surface area contributed by atoms with E-state index >= 15 is 0 Å². The Balaban J connectivity index is 1.90. The Morgan fingerprint density at radius 2 is 2.50 bits per heavy atom. The molecule has 0 bridgehead atoms. The highest BCUT2D eigenvalue weighted by Crippen LogP contribution is 2.12. The topological polar surface area (TPSA) is 45.2 Å². The van der Waals surface area contributed by atoms with Gasteiger partial charge in [-0.2, -0.15) is 0 Å². The van der Waals surface area contributed by atoms with Gasteiger partial charge >= 0.3 is 0 Å². The minimum absolute atomic E-state index is 0.261. The van der Waals surface area contributed by atoms with Crippen LogP contribution in [-0.4, -0.2) is 28.8 Å². The highest BCUT2D eigenvalue weighted by molar-refractivity contribution is 5.05. The lowest BCUT2D eigenvalue weighted by molar-refractivity contribution is 0.135. The monoisotopic (exact) mass is 192 g/mol. The molecule has 14 heavy (non-hydrogen) atoms. The third-order valence-corrected chi connectivity index (χ3v) is 2.71. The normalized spacial score (nSPS) is 23.6. The third-order valence-electron chi connectivity index (χ3n) is 2.71. The van der Waals surface area contributed by atoms with Crippen LogP contribution < -0.4 is 5.32 Å². The maximum absolute atomic E-state index is 9.90. The van der Waals surface area contributed by atoms with Gasteiger partial charge in [-0.15, -0.1) is 0 Å². The van der Waals surface area contributed by atoms with Crippen LogP contribution in [0.1, 0.15) is 18.5 Å². The molecular weight excluding hydrogens is 176 g/mol. The number of hydrogen-bond donors (Lipinski definition) is 2. The van der Waals surface area contributed by atoms with Crippen molar-refractivity contribution in [3.63, 3.8) is 0 Å². The summed E-state index contributed by atoms with van der Waals surface area (Å²) in [4.78, 5) is 4.20. The van der Waals surface area contributed by atoms with E-state index in [0.29, 0.717) is 6.42 Å². The summed E-state index contributed by atoms with van der Waals surface area (Å²) >= 11 is 0. The number of nitrogens with one attached hydrogen (secondary N) is 1. The zero-order valence-electron chi connectivity index (χ0n) is 8.19. The Hall–Kier alpha value is -0.930. The van der Waals surface area contributed by atoms with Crippen molar-refractivity contribution in [3.8, 4) is 0 Å². The first kappa shape index (κ1) is 9.62. The fourth-order valence-electron chi connectivity index (χ4n) is 1.92. The third kappa shape index (κ3) is 2.30. The minimum atomic E-state index is -0.299. The fourth-order valence-corrected chi connectivity index (χ4v) is 1.92. The van der Waals surface area contributed by atoms with E-state index in [1.54, 1.807) is 6.20 Å². The number of aliphatic hydroxyl groups excluding tert-OH is 1. The van der Waals surface area contributed by atoms with Crippen molar-refractivity contribution >= 4 is 0 Å². The van der Waals surface area contributed by atoms with Crippen LogP contribution in [0, 0.1) is 0 Å². The van der Waals surface area contributed by atoms with Crippen molar-refractivity contribution in [1.82, 2.24) is 10.3 Å². The minimum Gasteiger partial charge on any atom is -0.391 e. The molecule has 2 unspecified atom stereocenters. The van der Waals surface area contributed by atoms with E-state index in [9.17, 15) is 5.11 Å². The van der Waals surface area contributed by atoms with Crippen molar-refractivity contribution < 1.29 is 5.11 Å². The lowest BCUT2D eigenvalue weighted by atomic mass is 10.0. The summed E-state index contributed by atoms with van der Waals surface area (Å²) in [5.41, 5.74) is 0.966. The smallest absolute Gasteiger partial charge is 0.0748 e. The lowest BCUT2D eigenvalue weighted by Crippen LogP contribution is -2.36. The van der Waals surface area contributed by atoms with E-state index in [-0.39, 0.29) is 12.1 Å². The maximum Gasteiger partial charge on any atom is 0.0748 e. The maximum atomic E-state index is 9.90. The summed E-state index contributed by atoms with van der Waals surface area (Å²) in [6.45, 7) is 1.03. The number of aromatic nitrogens is 1. The predicted molar refractivity (Wildman–Crippen MR) is 55.0 cm³/mol. The van der Waals surface area contributed by atoms with Crippen LogP contribution in [0.15, 0.2) is 24.4 Å². The van der Waals surface area contributed by atoms with E-state index in [0.717, 1.165) is 18.7 Å². The zero-order chi connectivity index (χ0) is 9.80. The van der Waals surface area contributed by atoms with Crippen molar-refractivity contribution in [2.24, 2.45) is 0 Å². The molecule has 0 aromatic carbocycles. The average molecular weight is 192 g/mol. The van der Waals surface area contributed by atoms with Crippen molar-refractivity contribution in [1.29, 1.82) is 0 Å². The Morgan fingerprint density at radius 1 is 1.57 bits per heavy atom. The molecule has 1 fully saturated rings. The first-order chi connectivity index (χ1) is 6.86. The van der Waals surface area contributed by atoms with Crippen molar-refractivity contribution in [2.75, 3.05) is 6.54 Å². The standard InChI is InChI=1S/C11H16N2O/c14-11(10-5-3-7-13-10)8-9-4-1-2-6-12-9/h1-2,4,6,10-11,13-14H,3,5,7-8H2. The van der Waals surface area contributed by atoms with Gasteiger partial charge in [0.15, 0.2) is 0 Å². The molecule has 76 valence electrons. The molecule has 0 radical (unpaired) electrons. The molecule has 3 heteroatoms. The molecule has 2 atom stereocenters. The summed E-state index contributed by atoms with van der Waals surface area (Å²) < 4.78 is 0. The molecule has 3 nitrogen and oxygen atoms in total. The molecule has 1 aliphatic heterocycles. The molecule has 2 heterocycles. The zero-order valence-corrected chi connectivity index (χ0v) is 8.19. The van der Waals surface area contributed by atoms with Gasteiger partial charge in [0.1, 0.15) is 0 Å². The Labute approximate surface area is 84.2 Å². The van der Waals surface area contributed by atoms with Gasteiger partial charge in [0.25, 0.3) is 0 Å². The molecule has 2 rings (SSSR count). The van der Waals surface area contributed by atoms with Crippen LogP contribution >= 0.6 is 0 Å². The Kier molecular flexibility index (Phi) is 3.11. The molecule has 0 aliphatic carbocycles. The van der Waals surface area contributed by atoms with Crippen LogP contribution in [0.5, 0.6) is 0 Å². The van der Waals surface area contributed by atoms with Crippen molar-refractivity contribution in [2.45, 2.75) is 31.4 Å². The summed E-state index contributed by atoms with van der Waals surface area (Å²) in [5.74, 6) is 0. The molecule has 1 saturated heterocycles. The van der Waals surface area contributed by atoms with E-state index in [1.165, 1.54) is 6.42 Å². The van der Waals surface area contributed by atoms with Crippen LogP contribution in [-0.2, 0) is 6.42 Å². The number of nitrogens with zero attached hydrogens (tertiary/aromatic N) is 1. The Bertz CT molecular complexity index is 270. The van der Waals surface area contributed by atoms with Gasteiger partial charge < -0.3 is 10.4 Å². The van der Waals surface area contributed by atoms with E-state index in [2.05, 4.69) is 10.3 Å². The SMILES string of the molecule is OC(Cc1ccccn1)C1CCCN1. The molecule has 1 aliphatic rings. The van der Waals surface area contributed by atoms with Gasteiger partial charge in [-0.3, -0.25) is 4.98 Å². The molecule has 2 N–H and O–H groups in total. The molecule has 0 amide bonds. The number of hydrogen-bond acceptors (Lipinski definition) is 3. The quantitative estimate of drug-likeness (QED) is 0.742. The first-order valence-electron chi connectivity index (χ1n) is 5.17. The molecule has 0 saturated carbocycles. The molecule has 0 spiro atoms. The van der Waals surface area contributed by atoms with Gasteiger partial charge in [0.05, 0.1) is 6.10 Å². The summed E-state index contributed by atoms with van der Waals surface area (Å²) in [5, 5.41) is 13.2. The fraction of sp³-hybridized carbons (Fsp3) is 0.545. The van der Waals surface area contributed by atoms with Crippen LogP contribution in [0.25, 0.3) is 0 Å². The molecule has 1 aromatic heterocycles. The van der Waals surface area contributed by atoms with Gasteiger partial charge in [-0.25, -0.2) is 0 Å². The van der Waals surface area contributed by atoms with Crippen molar-refractivity contribution in [3.05, 3.63) is 30.1 Å². The Morgan fingerprint density at radius 3 is 3.14 bits per heavy atom. The number of pyridine rings is 1. The van der Waals surface area contributed by atoms with Crippen LogP contribution in [0.4, 0.5) is 0 Å². The summed E-state index contributed by atoms with van der Waals surface area (Å²) in [6, 6.07) is 6.07. The number of rotatable bonds is 3. The first-order valence-corrected chi connectivity index (χ1v) is 5.17. The average Bonchev–Trinajstić information content (AvgIpc) is 2.72. The largest absolute Gasteiger partial charge is 0.391 e. The second kappa shape index (κ2) is 4.53. The number of aliphatic hydroxyl groups is 1. The van der Waals surface area contributed by atoms with Gasteiger partial charge in [-0.1, -0.05) is 6.07 Å². The molecular formula is C11H16N2O. The van der Waals surface area contributed by atoms with Crippen LogP contribution in [0.3, 0.4) is 0 Å². The lowest BCUT2D eigenvalue weighted by Gasteiger charge is -2.17. The van der Waals surface area contributed by atoms with E-state index < -0.39 is 0 Å². The van der Waals surface area contributed by atoms with Gasteiger partial charge in [0, 0.05) is 24.4 Å². The second-order valence-electron chi connectivity index (χ2n) is 3.80. The van der Waals surface area contributed by atoms with E-state index in [1.807, 2.05) is 18.2 Å². The predicted octanol–water partition coefficient (Wildman–Crippen LogP) is 0.737. The second-order valence-corrected chi connectivity index (χ2v) is 3.80. The molecule has 1 aromatic rings. The van der Waals surface area contributed by atoms with E-state index in [4.69, 9.17) is 0 Å². The van der Waals surface area contributed by atoms with Gasteiger partial charge in [-0.05, 0) is 31.5 Å². The highest BCUT2D eigenvalue weighted by atomic mass is 16.3. The summed E-state index contributed by atoms with van der Waals surface area (Å²) in [6.07, 6.45) is 4.37.